The van der Waals surface area contributed by atoms with E-state index in [-0.39, 0.29) is 6.10 Å². The zero-order valence-electron chi connectivity index (χ0n) is 8.82. The Morgan fingerprint density at radius 3 is 2.75 bits per heavy atom. The van der Waals surface area contributed by atoms with Crippen molar-refractivity contribution in [2.45, 2.75) is 18.7 Å². The van der Waals surface area contributed by atoms with E-state index in [1.165, 1.54) is 0 Å². The number of hydrogen-bond acceptors (Lipinski definition) is 3. The number of alkyl halides is 1. The Morgan fingerprint density at radius 1 is 1.38 bits per heavy atom. The Morgan fingerprint density at radius 2 is 2.12 bits per heavy atom. The highest BCUT2D eigenvalue weighted by atomic mass is 19.1. The molecular weight excluding hydrogens is 207 g/mol. The zero-order chi connectivity index (χ0) is 11.4. The molecule has 0 bridgehead atoms. The molecule has 84 valence electrons. The van der Waals surface area contributed by atoms with Crippen LogP contribution in [-0.2, 0) is 0 Å². The summed E-state index contributed by atoms with van der Waals surface area (Å²) in [7, 11) is 0. The van der Waals surface area contributed by atoms with Crippen LogP contribution in [0.5, 0.6) is 5.75 Å². The van der Waals surface area contributed by atoms with Crippen LogP contribution in [0, 0.1) is 11.3 Å². The predicted octanol–water partition coefficient (Wildman–Crippen LogP) is 1.64. The van der Waals surface area contributed by atoms with Gasteiger partial charge in [-0.3, -0.25) is 0 Å². The maximum Gasteiger partial charge on any atom is 0.149 e. The van der Waals surface area contributed by atoms with Crippen LogP contribution in [0.4, 0.5) is 4.39 Å². The Bertz CT molecular complexity index is 385. The van der Waals surface area contributed by atoms with Crippen molar-refractivity contribution < 1.29 is 9.13 Å². The van der Waals surface area contributed by atoms with Gasteiger partial charge in [0, 0.05) is 6.54 Å². The zero-order valence-corrected chi connectivity index (χ0v) is 8.82. The third kappa shape index (κ3) is 2.50. The molecule has 3 nitrogen and oxygen atoms in total. The van der Waals surface area contributed by atoms with Gasteiger partial charge in [-0.2, -0.15) is 5.26 Å². The first-order valence-electron chi connectivity index (χ1n) is 5.31. The first kappa shape index (κ1) is 10.9. The van der Waals surface area contributed by atoms with Crippen LogP contribution in [0.2, 0.25) is 0 Å². The van der Waals surface area contributed by atoms with E-state index in [0.29, 0.717) is 24.3 Å². The number of hydrogen-bond donors (Lipinski definition) is 1. The van der Waals surface area contributed by atoms with Crippen molar-refractivity contribution in [3.8, 4) is 11.8 Å². The molecule has 1 fully saturated rings. The largest absolute Gasteiger partial charge is 0.487 e. The summed E-state index contributed by atoms with van der Waals surface area (Å²) in [5, 5.41) is 11.6. The van der Waals surface area contributed by atoms with Gasteiger partial charge in [-0.25, -0.2) is 4.39 Å². The maximum absolute atomic E-state index is 13.4. The smallest absolute Gasteiger partial charge is 0.149 e. The van der Waals surface area contributed by atoms with Gasteiger partial charge in [0.1, 0.15) is 18.0 Å². The summed E-state index contributed by atoms with van der Waals surface area (Å²) in [5.41, 5.74) is 0.578. The minimum Gasteiger partial charge on any atom is -0.487 e. The number of nitriles is 1. The summed E-state index contributed by atoms with van der Waals surface area (Å²) >= 11 is 0. The molecule has 1 saturated heterocycles. The monoisotopic (exact) mass is 220 g/mol. The lowest BCUT2D eigenvalue weighted by molar-refractivity contribution is 0.0731. The summed E-state index contributed by atoms with van der Waals surface area (Å²) < 4.78 is 19.0. The van der Waals surface area contributed by atoms with Crippen molar-refractivity contribution in [1.82, 2.24) is 5.32 Å². The molecule has 0 spiro atoms. The van der Waals surface area contributed by atoms with Crippen LogP contribution in [-0.4, -0.2) is 25.4 Å². The molecule has 2 atom stereocenters. The minimum absolute atomic E-state index is 0.348. The number of benzene rings is 1. The van der Waals surface area contributed by atoms with Crippen LogP contribution >= 0.6 is 0 Å². The Hall–Kier alpha value is -1.60. The van der Waals surface area contributed by atoms with E-state index in [9.17, 15) is 4.39 Å². The van der Waals surface area contributed by atoms with Crippen LogP contribution < -0.4 is 10.1 Å². The van der Waals surface area contributed by atoms with E-state index >= 15 is 0 Å². The molecule has 1 aliphatic heterocycles. The number of nitrogens with zero attached hydrogens (tertiary/aromatic N) is 1. The number of piperidine rings is 1. The summed E-state index contributed by atoms with van der Waals surface area (Å²) in [4.78, 5) is 0. The van der Waals surface area contributed by atoms with Gasteiger partial charge < -0.3 is 10.1 Å². The molecule has 4 heteroatoms. The van der Waals surface area contributed by atoms with Crippen molar-refractivity contribution in [2.75, 3.05) is 13.1 Å². The van der Waals surface area contributed by atoms with Crippen LogP contribution in [0.15, 0.2) is 24.3 Å². The molecule has 1 aromatic carbocycles. The lowest BCUT2D eigenvalue weighted by Gasteiger charge is -2.27. The molecule has 0 amide bonds. The van der Waals surface area contributed by atoms with E-state index in [1.54, 1.807) is 24.3 Å². The first-order valence-corrected chi connectivity index (χ1v) is 5.31. The highest BCUT2D eigenvalue weighted by Gasteiger charge is 2.25. The molecule has 0 aromatic heterocycles. The molecule has 16 heavy (non-hydrogen) atoms. The predicted molar refractivity (Wildman–Crippen MR) is 58.0 cm³/mol. The molecule has 1 aliphatic rings. The highest BCUT2D eigenvalue weighted by molar-refractivity contribution is 5.34. The van der Waals surface area contributed by atoms with E-state index in [0.717, 1.165) is 6.54 Å². The van der Waals surface area contributed by atoms with Gasteiger partial charge >= 0.3 is 0 Å². The maximum atomic E-state index is 13.4. The van der Waals surface area contributed by atoms with Crippen molar-refractivity contribution in [3.05, 3.63) is 29.8 Å². The number of halogens is 1. The second-order valence-corrected chi connectivity index (χ2v) is 3.80. The standard InChI is InChI=1S/C12H13FN2O/c13-11-8-15-6-5-12(11)16-10-3-1-9(7-14)2-4-10/h1-4,11-12,15H,5-6,8H2. The van der Waals surface area contributed by atoms with E-state index in [2.05, 4.69) is 5.32 Å². The molecule has 2 unspecified atom stereocenters. The Labute approximate surface area is 93.8 Å². The van der Waals surface area contributed by atoms with Gasteiger partial charge in [0.2, 0.25) is 0 Å². The number of rotatable bonds is 2. The van der Waals surface area contributed by atoms with Gasteiger partial charge in [0.05, 0.1) is 11.6 Å². The van der Waals surface area contributed by atoms with Crippen LogP contribution in [0.3, 0.4) is 0 Å². The molecule has 0 saturated carbocycles. The van der Waals surface area contributed by atoms with Crippen molar-refractivity contribution in [1.29, 1.82) is 5.26 Å². The summed E-state index contributed by atoms with van der Waals surface area (Å²) in [6, 6.07) is 8.77. The quantitative estimate of drug-likeness (QED) is 0.824. The Balaban J connectivity index is 2.00. The molecule has 1 aromatic rings. The average Bonchev–Trinajstić information content (AvgIpc) is 2.33. The summed E-state index contributed by atoms with van der Waals surface area (Å²) in [5.74, 6) is 0.619. The molecule has 1 heterocycles. The third-order valence-electron chi connectivity index (χ3n) is 2.62. The van der Waals surface area contributed by atoms with Crippen LogP contribution in [0.1, 0.15) is 12.0 Å². The molecule has 2 rings (SSSR count). The van der Waals surface area contributed by atoms with E-state index in [4.69, 9.17) is 10.00 Å². The average molecular weight is 220 g/mol. The summed E-state index contributed by atoms with van der Waals surface area (Å²) in [6.45, 7) is 1.13. The topological polar surface area (TPSA) is 45.0 Å². The second kappa shape index (κ2) is 4.95. The Kier molecular flexibility index (Phi) is 3.37. The molecule has 0 radical (unpaired) electrons. The SMILES string of the molecule is N#Cc1ccc(OC2CCNCC2F)cc1. The molecule has 1 N–H and O–H groups in total. The fourth-order valence-corrected chi connectivity index (χ4v) is 1.71. The summed E-state index contributed by atoms with van der Waals surface area (Å²) in [6.07, 6.45) is -0.681. The van der Waals surface area contributed by atoms with Crippen molar-refractivity contribution in [2.24, 2.45) is 0 Å². The van der Waals surface area contributed by atoms with Crippen LogP contribution in [0.25, 0.3) is 0 Å². The highest BCUT2D eigenvalue weighted by Crippen LogP contribution is 2.18. The molecule has 0 aliphatic carbocycles. The van der Waals surface area contributed by atoms with E-state index < -0.39 is 6.17 Å². The first-order chi connectivity index (χ1) is 7.79. The van der Waals surface area contributed by atoms with Gasteiger partial charge in [-0.15, -0.1) is 0 Å². The lowest BCUT2D eigenvalue weighted by Crippen LogP contribution is -2.44. The van der Waals surface area contributed by atoms with Gasteiger partial charge in [-0.1, -0.05) is 0 Å². The van der Waals surface area contributed by atoms with Gasteiger partial charge in [0.25, 0.3) is 0 Å². The number of nitrogens with one attached hydrogen (secondary N) is 1. The fraction of sp³-hybridized carbons (Fsp3) is 0.417. The normalized spacial score (nSPS) is 24.8. The van der Waals surface area contributed by atoms with E-state index in [1.807, 2.05) is 6.07 Å². The lowest BCUT2D eigenvalue weighted by atomic mass is 10.1. The number of ether oxygens (including phenoxy) is 1. The second-order valence-electron chi connectivity index (χ2n) is 3.80. The third-order valence-corrected chi connectivity index (χ3v) is 2.62. The van der Waals surface area contributed by atoms with Gasteiger partial charge in [-0.05, 0) is 37.2 Å². The van der Waals surface area contributed by atoms with Crippen molar-refractivity contribution >= 4 is 0 Å². The fourth-order valence-electron chi connectivity index (χ4n) is 1.71. The van der Waals surface area contributed by atoms with Gasteiger partial charge in [0.15, 0.2) is 0 Å². The van der Waals surface area contributed by atoms with Crippen molar-refractivity contribution in [3.63, 3.8) is 0 Å². The molecular formula is C12H13FN2O. The minimum atomic E-state index is -0.968.